The summed E-state index contributed by atoms with van der Waals surface area (Å²) in [6, 6.07) is 0. The second kappa shape index (κ2) is 9.63. The van der Waals surface area contributed by atoms with E-state index in [1.165, 1.54) is 38.5 Å². The summed E-state index contributed by atoms with van der Waals surface area (Å²) in [6.45, 7) is 8.98. The Kier molecular flexibility index (Phi) is 8.53. The molecule has 2 fully saturated rings. The maximum Gasteiger partial charge on any atom is 0.243 e. The highest BCUT2D eigenvalue weighted by molar-refractivity contribution is 14.0. The first-order valence-electron chi connectivity index (χ1n) is 8.80. The van der Waals surface area contributed by atoms with Gasteiger partial charge in [0.05, 0.1) is 0 Å². The molecule has 0 aromatic heterocycles. The number of guanidine groups is 1. The third-order valence-electron chi connectivity index (χ3n) is 5.06. The van der Waals surface area contributed by atoms with E-state index in [9.17, 15) is 4.79 Å². The molecule has 1 aliphatic heterocycles. The summed E-state index contributed by atoms with van der Waals surface area (Å²) < 4.78 is 0. The van der Waals surface area contributed by atoms with Crippen molar-refractivity contribution in [1.29, 1.82) is 0 Å². The van der Waals surface area contributed by atoms with Crippen LogP contribution in [0.4, 0.5) is 0 Å². The molecule has 0 bridgehead atoms. The Morgan fingerprint density at radius 3 is 2.50 bits per heavy atom. The lowest BCUT2D eigenvalue weighted by molar-refractivity contribution is -0.127. The Morgan fingerprint density at radius 2 is 1.92 bits per heavy atom. The molecule has 2 rings (SSSR count). The Morgan fingerprint density at radius 1 is 1.25 bits per heavy atom. The molecular formula is C18H33IN4O. The van der Waals surface area contributed by atoms with Crippen LogP contribution in [-0.4, -0.2) is 61.9 Å². The zero-order valence-corrected chi connectivity index (χ0v) is 17.8. The molecule has 1 amide bonds. The summed E-state index contributed by atoms with van der Waals surface area (Å²) in [6.07, 6.45) is 8.04. The fourth-order valence-electron chi connectivity index (χ4n) is 3.61. The van der Waals surface area contributed by atoms with Crippen LogP contribution >= 0.6 is 24.0 Å². The number of hydrogen-bond donors (Lipinski definition) is 1. The van der Waals surface area contributed by atoms with Crippen LogP contribution in [0.1, 0.15) is 45.4 Å². The SMILES string of the molecule is C=C(C)CNC(=NCC(=O)N(C)C)N1CCC2(CCCCC2)C1.I. The molecule has 1 aliphatic carbocycles. The Balaban J connectivity index is 0.00000288. The molecule has 1 N–H and O–H groups in total. The molecule has 1 saturated heterocycles. The van der Waals surface area contributed by atoms with E-state index >= 15 is 0 Å². The second-order valence-corrected chi connectivity index (χ2v) is 7.47. The van der Waals surface area contributed by atoms with Gasteiger partial charge < -0.3 is 15.1 Å². The van der Waals surface area contributed by atoms with Crippen molar-refractivity contribution in [2.75, 3.05) is 40.3 Å². The van der Waals surface area contributed by atoms with Crippen LogP contribution in [0.3, 0.4) is 0 Å². The number of nitrogens with one attached hydrogen (secondary N) is 1. The lowest BCUT2D eigenvalue weighted by Crippen LogP contribution is -2.43. The van der Waals surface area contributed by atoms with E-state index in [0.29, 0.717) is 12.0 Å². The third-order valence-corrected chi connectivity index (χ3v) is 5.06. The van der Waals surface area contributed by atoms with E-state index in [1.54, 1.807) is 19.0 Å². The van der Waals surface area contributed by atoms with E-state index in [2.05, 4.69) is 21.8 Å². The first kappa shape index (κ1) is 21.3. The normalized spacial score (nSPS) is 19.8. The number of likely N-dealkylation sites (tertiary alicyclic amines) is 1. The molecule has 138 valence electrons. The smallest absolute Gasteiger partial charge is 0.243 e. The predicted octanol–water partition coefficient (Wildman–Crippen LogP) is 2.87. The van der Waals surface area contributed by atoms with Gasteiger partial charge in [-0.2, -0.15) is 0 Å². The number of carbonyl (C=O) groups is 1. The molecule has 0 unspecified atom stereocenters. The summed E-state index contributed by atoms with van der Waals surface area (Å²) in [5, 5.41) is 3.38. The maximum atomic E-state index is 11.9. The molecule has 1 saturated carbocycles. The standard InChI is InChI=1S/C18H32N4O.HI/c1-15(2)12-19-17(20-13-16(23)21(3)4)22-11-10-18(14-22)8-6-5-7-9-18;/h1,5-14H2,2-4H3,(H,19,20);1H. The first-order valence-corrected chi connectivity index (χ1v) is 8.80. The molecule has 24 heavy (non-hydrogen) atoms. The van der Waals surface area contributed by atoms with Crippen molar-refractivity contribution in [2.45, 2.75) is 45.4 Å². The lowest BCUT2D eigenvalue weighted by atomic mass is 9.73. The van der Waals surface area contributed by atoms with E-state index in [0.717, 1.165) is 24.6 Å². The van der Waals surface area contributed by atoms with Gasteiger partial charge in [0.2, 0.25) is 5.91 Å². The maximum absolute atomic E-state index is 11.9. The minimum atomic E-state index is 0. The fraction of sp³-hybridized carbons (Fsp3) is 0.778. The number of nitrogens with zero attached hydrogens (tertiary/aromatic N) is 3. The van der Waals surface area contributed by atoms with Crippen molar-refractivity contribution in [3.05, 3.63) is 12.2 Å². The minimum Gasteiger partial charge on any atom is -0.353 e. The van der Waals surface area contributed by atoms with Crippen LogP contribution in [0.25, 0.3) is 0 Å². The molecule has 1 spiro atoms. The highest BCUT2D eigenvalue weighted by Gasteiger charge is 2.39. The van der Waals surface area contributed by atoms with Gasteiger partial charge in [-0.25, -0.2) is 4.99 Å². The molecule has 2 aliphatic rings. The van der Waals surface area contributed by atoms with E-state index < -0.39 is 0 Å². The number of rotatable bonds is 4. The molecule has 0 aromatic rings. The molecule has 0 atom stereocenters. The average Bonchev–Trinajstić information content (AvgIpc) is 2.90. The van der Waals surface area contributed by atoms with Crippen molar-refractivity contribution >= 4 is 35.8 Å². The molecular weight excluding hydrogens is 415 g/mol. The van der Waals surface area contributed by atoms with Crippen molar-refractivity contribution < 1.29 is 4.79 Å². The Hall–Kier alpha value is -0.790. The first-order chi connectivity index (χ1) is 10.9. The second-order valence-electron chi connectivity index (χ2n) is 7.47. The van der Waals surface area contributed by atoms with Gasteiger partial charge >= 0.3 is 0 Å². The van der Waals surface area contributed by atoms with E-state index in [-0.39, 0.29) is 36.4 Å². The van der Waals surface area contributed by atoms with Crippen LogP contribution in [0.15, 0.2) is 17.1 Å². The van der Waals surface area contributed by atoms with Crippen molar-refractivity contribution in [2.24, 2.45) is 10.4 Å². The highest BCUT2D eigenvalue weighted by atomic mass is 127. The summed E-state index contributed by atoms with van der Waals surface area (Å²) in [7, 11) is 3.54. The van der Waals surface area contributed by atoms with Gasteiger partial charge in [-0.3, -0.25) is 4.79 Å². The van der Waals surface area contributed by atoms with Crippen LogP contribution in [0.2, 0.25) is 0 Å². The largest absolute Gasteiger partial charge is 0.353 e. The average molecular weight is 448 g/mol. The van der Waals surface area contributed by atoms with E-state index in [1.807, 2.05) is 6.92 Å². The van der Waals surface area contributed by atoms with Crippen LogP contribution < -0.4 is 5.32 Å². The molecule has 1 heterocycles. The number of carbonyl (C=O) groups excluding carboxylic acids is 1. The highest BCUT2D eigenvalue weighted by Crippen LogP contribution is 2.43. The van der Waals surface area contributed by atoms with Crippen LogP contribution in [0.5, 0.6) is 0 Å². The van der Waals surface area contributed by atoms with E-state index in [4.69, 9.17) is 0 Å². The van der Waals surface area contributed by atoms with Gasteiger partial charge in [0.25, 0.3) is 0 Å². The number of hydrogen-bond acceptors (Lipinski definition) is 2. The molecule has 0 radical (unpaired) electrons. The van der Waals surface area contributed by atoms with Gasteiger partial charge in [0, 0.05) is 33.7 Å². The van der Waals surface area contributed by atoms with Gasteiger partial charge in [-0.05, 0) is 31.6 Å². The van der Waals surface area contributed by atoms with Crippen molar-refractivity contribution in [3.63, 3.8) is 0 Å². The topological polar surface area (TPSA) is 47.9 Å². The van der Waals surface area contributed by atoms with Gasteiger partial charge in [0.15, 0.2) is 5.96 Å². The lowest BCUT2D eigenvalue weighted by Gasteiger charge is -2.33. The summed E-state index contributed by atoms with van der Waals surface area (Å²) in [5.41, 5.74) is 1.55. The van der Waals surface area contributed by atoms with Gasteiger partial charge in [0.1, 0.15) is 6.54 Å². The van der Waals surface area contributed by atoms with Crippen LogP contribution in [-0.2, 0) is 4.79 Å². The summed E-state index contributed by atoms with van der Waals surface area (Å²) in [5.74, 6) is 0.900. The van der Waals surface area contributed by atoms with Crippen LogP contribution in [0, 0.1) is 5.41 Å². The zero-order chi connectivity index (χ0) is 16.9. The van der Waals surface area contributed by atoms with Crippen molar-refractivity contribution in [3.8, 4) is 0 Å². The number of halogens is 1. The zero-order valence-electron chi connectivity index (χ0n) is 15.4. The Bertz CT molecular complexity index is 470. The third kappa shape index (κ3) is 5.93. The monoisotopic (exact) mass is 448 g/mol. The van der Waals surface area contributed by atoms with Gasteiger partial charge in [-0.1, -0.05) is 31.4 Å². The number of likely N-dealkylation sites (N-methyl/N-ethyl adjacent to an activating group) is 1. The molecule has 6 heteroatoms. The number of amides is 1. The van der Waals surface area contributed by atoms with Crippen molar-refractivity contribution in [1.82, 2.24) is 15.1 Å². The quantitative estimate of drug-likeness (QED) is 0.312. The molecule has 0 aromatic carbocycles. The summed E-state index contributed by atoms with van der Waals surface area (Å²) in [4.78, 5) is 20.4. The fourth-order valence-corrected chi connectivity index (χ4v) is 3.61. The Labute approximate surface area is 164 Å². The minimum absolute atomic E-state index is 0. The number of aliphatic imine (C=N–C) groups is 1. The summed E-state index contributed by atoms with van der Waals surface area (Å²) >= 11 is 0. The predicted molar refractivity (Wildman–Crippen MR) is 111 cm³/mol. The van der Waals surface area contributed by atoms with Gasteiger partial charge in [-0.15, -0.1) is 24.0 Å². The molecule has 5 nitrogen and oxygen atoms in total.